The third-order valence-corrected chi connectivity index (χ3v) is 1.73. The van der Waals surface area contributed by atoms with Gasteiger partial charge in [-0.3, -0.25) is 0 Å². The van der Waals surface area contributed by atoms with E-state index >= 15 is 0 Å². The van der Waals surface area contributed by atoms with Crippen molar-refractivity contribution in [2.45, 2.75) is 17.2 Å². The largest absolute Gasteiger partial charge is 0.330 e. The molecule has 0 bridgehead atoms. The summed E-state index contributed by atoms with van der Waals surface area (Å²) in [6, 6.07) is 0. The van der Waals surface area contributed by atoms with Gasteiger partial charge >= 0.3 is 0 Å². The highest BCUT2D eigenvalue weighted by molar-refractivity contribution is 6.48. The molecule has 4 N–H and O–H groups in total. The van der Waals surface area contributed by atoms with Gasteiger partial charge in [0.1, 0.15) is 4.33 Å². The second kappa shape index (κ2) is 4.34. The van der Waals surface area contributed by atoms with Crippen molar-refractivity contribution in [1.82, 2.24) is 0 Å². The second-order valence-corrected chi connectivity index (χ2v) is 3.59. The first-order valence-corrected chi connectivity index (χ1v) is 3.66. The summed E-state index contributed by atoms with van der Waals surface area (Å²) in [6.07, 6.45) is 1.49. The molecule has 4 heteroatoms. The maximum atomic E-state index is 5.68. The highest BCUT2D eigenvalue weighted by atomic mass is 35.5. The molecular formula is C5H12Cl2N2. The molecule has 0 aliphatic heterocycles. The number of rotatable bonds is 4. The maximum absolute atomic E-state index is 5.68. The Balaban J connectivity index is 3.33. The van der Waals surface area contributed by atoms with Crippen molar-refractivity contribution in [3.63, 3.8) is 0 Å². The first kappa shape index (κ1) is 9.50. The Morgan fingerprint density at radius 1 is 1.22 bits per heavy atom. The van der Waals surface area contributed by atoms with Crippen LogP contribution in [0.2, 0.25) is 0 Å². The van der Waals surface area contributed by atoms with Crippen molar-refractivity contribution in [3.8, 4) is 0 Å². The Morgan fingerprint density at radius 3 is 2.11 bits per heavy atom. The van der Waals surface area contributed by atoms with Crippen LogP contribution in [0.5, 0.6) is 0 Å². The molecule has 0 aromatic heterocycles. The Labute approximate surface area is 65.5 Å². The molecule has 0 aromatic rings. The molecule has 0 radical (unpaired) electrons. The molecule has 0 heterocycles. The fourth-order valence-corrected chi connectivity index (χ4v) is 0.730. The van der Waals surface area contributed by atoms with Crippen LogP contribution in [-0.4, -0.2) is 17.4 Å². The minimum absolute atomic E-state index is 0.288. The summed E-state index contributed by atoms with van der Waals surface area (Å²) in [5, 5.41) is 0. The molecule has 0 rings (SSSR count). The van der Waals surface area contributed by atoms with E-state index in [0.717, 1.165) is 6.42 Å². The molecule has 0 unspecified atom stereocenters. The molecule has 0 amide bonds. The van der Waals surface area contributed by atoms with E-state index in [4.69, 9.17) is 34.7 Å². The van der Waals surface area contributed by atoms with Gasteiger partial charge in [-0.25, -0.2) is 0 Å². The first-order chi connectivity index (χ1) is 4.12. The van der Waals surface area contributed by atoms with Gasteiger partial charge in [-0.2, -0.15) is 0 Å². The molecular weight excluding hydrogens is 159 g/mol. The van der Waals surface area contributed by atoms with Gasteiger partial charge in [-0.1, -0.05) is 0 Å². The van der Waals surface area contributed by atoms with Crippen LogP contribution in [0.15, 0.2) is 0 Å². The third kappa shape index (κ3) is 4.97. The molecule has 0 fully saturated rings. The lowest BCUT2D eigenvalue weighted by Gasteiger charge is -2.15. The topological polar surface area (TPSA) is 52.0 Å². The van der Waals surface area contributed by atoms with Crippen molar-refractivity contribution in [3.05, 3.63) is 0 Å². The molecule has 0 saturated carbocycles. The SMILES string of the molecule is NCCCC(Cl)(Cl)CN. The van der Waals surface area contributed by atoms with Crippen molar-refractivity contribution in [1.29, 1.82) is 0 Å². The predicted octanol–water partition coefficient (Wildman–Crippen LogP) is 0.858. The van der Waals surface area contributed by atoms with Gasteiger partial charge in [-0.15, -0.1) is 23.2 Å². The van der Waals surface area contributed by atoms with Crippen molar-refractivity contribution in [2.75, 3.05) is 13.1 Å². The van der Waals surface area contributed by atoms with E-state index in [1.165, 1.54) is 0 Å². The molecule has 9 heavy (non-hydrogen) atoms. The van der Waals surface area contributed by atoms with Crippen LogP contribution >= 0.6 is 23.2 Å². The zero-order chi connectivity index (χ0) is 7.33. The van der Waals surface area contributed by atoms with Crippen LogP contribution in [0, 0.1) is 0 Å². The molecule has 0 saturated heterocycles. The minimum atomic E-state index is -0.765. The van der Waals surface area contributed by atoms with E-state index in [2.05, 4.69) is 0 Å². The van der Waals surface area contributed by atoms with Gasteiger partial charge < -0.3 is 11.5 Å². The highest BCUT2D eigenvalue weighted by Crippen LogP contribution is 2.24. The van der Waals surface area contributed by atoms with Crippen molar-refractivity contribution >= 4 is 23.2 Å². The Kier molecular flexibility index (Phi) is 4.58. The lowest BCUT2D eigenvalue weighted by Crippen LogP contribution is -2.25. The van der Waals surface area contributed by atoms with Crippen molar-refractivity contribution < 1.29 is 0 Å². The molecule has 0 aromatic carbocycles. The van der Waals surface area contributed by atoms with E-state index in [0.29, 0.717) is 13.0 Å². The Morgan fingerprint density at radius 2 is 1.78 bits per heavy atom. The summed E-state index contributed by atoms with van der Waals surface area (Å²) in [6.45, 7) is 0.900. The molecule has 2 nitrogen and oxygen atoms in total. The number of nitrogens with two attached hydrogens (primary N) is 2. The summed E-state index contributed by atoms with van der Waals surface area (Å²) in [7, 11) is 0. The number of hydrogen-bond donors (Lipinski definition) is 2. The molecule has 0 atom stereocenters. The maximum Gasteiger partial charge on any atom is 0.130 e. The number of alkyl halides is 2. The minimum Gasteiger partial charge on any atom is -0.330 e. The summed E-state index contributed by atoms with van der Waals surface area (Å²) < 4.78 is -0.765. The van der Waals surface area contributed by atoms with Crippen LogP contribution < -0.4 is 11.5 Å². The van der Waals surface area contributed by atoms with Crippen LogP contribution in [0.1, 0.15) is 12.8 Å². The molecule has 0 spiro atoms. The van der Waals surface area contributed by atoms with Crippen LogP contribution in [0.4, 0.5) is 0 Å². The number of hydrogen-bond acceptors (Lipinski definition) is 2. The fraction of sp³-hybridized carbons (Fsp3) is 1.00. The zero-order valence-corrected chi connectivity index (χ0v) is 6.75. The average Bonchev–Trinajstić information content (AvgIpc) is 1.84. The van der Waals surface area contributed by atoms with E-state index in [1.807, 2.05) is 0 Å². The lowest BCUT2D eigenvalue weighted by atomic mass is 10.2. The van der Waals surface area contributed by atoms with Crippen LogP contribution in [0.25, 0.3) is 0 Å². The van der Waals surface area contributed by atoms with Crippen LogP contribution in [0.3, 0.4) is 0 Å². The average molecular weight is 171 g/mol. The predicted molar refractivity (Wildman–Crippen MR) is 41.8 cm³/mol. The monoisotopic (exact) mass is 170 g/mol. The van der Waals surface area contributed by atoms with E-state index < -0.39 is 4.33 Å². The quantitative estimate of drug-likeness (QED) is 0.616. The normalized spacial score (nSPS) is 12.0. The van der Waals surface area contributed by atoms with Gasteiger partial charge in [0, 0.05) is 6.54 Å². The van der Waals surface area contributed by atoms with Gasteiger partial charge in [0.15, 0.2) is 0 Å². The molecule has 0 aliphatic carbocycles. The lowest BCUT2D eigenvalue weighted by molar-refractivity contribution is 0.658. The summed E-state index contributed by atoms with van der Waals surface area (Å²) in [5.74, 6) is 0. The van der Waals surface area contributed by atoms with Gasteiger partial charge in [0.05, 0.1) is 0 Å². The van der Waals surface area contributed by atoms with E-state index in [-0.39, 0.29) is 6.54 Å². The van der Waals surface area contributed by atoms with Gasteiger partial charge in [0.2, 0.25) is 0 Å². The molecule has 0 aliphatic rings. The highest BCUT2D eigenvalue weighted by Gasteiger charge is 2.19. The third-order valence-electron chi connectivity index (χ3n) is 1.05. The van der Waals surface area contributed by atoms with Gasteiger partial charge in [-0.05, 0) is 19.4 Å². The van der Waals surface area contributed by atoms with Crippen LogP contribution in [-0.2, 0) is 0 Å². The summed E-state index contributed by atoms with van der Waals surface area (Å²) >= 11 is 11.4. The van der Waals surface area contributed by atoms with Crippen molar-refractivity contribution in [2.24, 2.45) is 11.5 Å². The Hall–Kier alpha value is 0.500. The van der Waals surface area contributed by atoms with E-state index in [9.17, 15) is 0 Å². The first-order valence-electron chi connectivity index (χ1n) is 2.90. The smallest absolute Gasteiger partial charge is 0.130 e. The Bertz CT molecular complexity index is 75.4. The summed E-state index contributed by atoms with van der Waals surface area (Å²) in [5.41, 5.74) is 10.5. The standard InChI is InChI=1S/C5H12Cl2N2/c6-5(7,4-9)2-1-3-8/h1-4,8-9H2. The second-order valence-electron chi connectivity index (χ2n) is 1.95. The molecule has 56 valence electrons. The fourth-order valence-electron chi connectivity index (χ4n) is 0.463. The number of halogens is 2. The van der Waals surface area contributed by atoms with Gasteiger partial charge in [0.25, 0.3) is 0 Å². The zero-order valence-electron chi connectivity index (χ0n) is 5.24. The summed E-state index contributed by atoms with van der Waals surface area (Å²) in [4.78, 5) is 0. The van der Waals surface area contributed by atoms with E-state index in [1.54, 1.807) is 0 Å².